The summed E-state index contributed by atoms with van der Waals surface area (Å²) in [5, 5.41) is 0.833. The van der Waals surface area contributed by atoms with E-state index < -0.39 is 0 Å². The van der Waals surface area contributed by atoms with Gasteiger partial charge in [0.1, 0.15) is 0 Å². The average Bonchev–Trinajstić information content (AvgIpc) is 2.27. The Morgan fingerprint density at radius 3 is 2.53 bits per heavy atom. The maximum Gasteiger partial charge on any atom is 0.0414 e. The zero-order chi connectivity index (χ0) is 12.4. The molecule has 0 radical (unpaired) electrons. The Balaban J connectivity index is 2.52. The second kappa shape index (κ2) is 5.10. The lowest BCUT2D eigenvalue weighted by atomic mass is 9.84. The largest absolute Gasteiger partial charge is 0.0958 e. The fourth-order valence-electron chi connectivity index (χ4n) is 2.61. The van der Waals surface area contributed by atoms with Gasteiger partial charge in [0.2, 0.25) is 0 Å². The molecule has 0 heterocycles. The van der Waals surface area contributed by atoms with Crippen LogP contribution in [0.1, 0.15) is 43.7 Å². The minimum atomic E-state index is 0.833. The molecule has 0 spiro atoms. The van der Waals surface area contributed by atoms with Crippen LogP contribution in [0.15, 0.2) is 35.9 Å². The van der Waals surface area contributed by atoms with Crippen LogP contribution in [0.5, 0.6) is 0 Å². The van der Waals surface area contributed by atoms with Gasteiger partial charge in [0.05, 0.1) is 0 Å². The van der Waals surface area contributed by atoms with Gasteiger partial charge in [0.25, 0.3) is 0 Å². The van der Waals surface area contributed by atoms with E-state index in [0.29, 0.717) is 0 Å². The Kier molecular flexibility index (Phi) is 3.73. The number of benzene rings is 1. The summed E-state index contributed by atoms with van der Waals surface area (Å²) in [4.78, 5) is 0. The molecule has 1 aliphatic carbocycles. The molecule has 17 heavy (non-hydrogen) atoms. The van der Waals surface area contributed by atoms with Crippen molar-refractivity contribution in [3.05, 3.63) is 52.1 Å². The number of hydrogen-bond donors (Lipinski definition) is 0. The summed E-state index contributed by atoms with van der Waals surface area (Å²) in [7, 11) is 0. The van der Waals surface area contributed by atoms with Crippen LogP contribution in [0.2, 0.25) is 5.02 Å². The van der Waals surface area contributed by atoms with Gasteiger partial charge >= 0.3 is 0 Å². The molecular weight excluding hydrogens is 228 g/mol. The molecule has 0 bridgehead atoms. The highest BCUT2D eigenvalue weighted by Crippen LogP contribution is 2.36. The van der Waals surface area contributed by atoms with E-state index in [1.807, 2.05) is 6.07 Å². The summed E-state index contributed by atoms with van der Waals surface area (Å²) < 4.78 is 0. The molecule has 1 heteroatoms. The molecule has 0 nitrogen and oxygen atoms in total. The summed E-state index contributed by atoms with van der Waals surface area (Å²) in [5.74, 6) is 0. The van der Waals surface area contributed by atoms with Gasteiger partial charge < -0.3 is 0 Å². The van der Waals surface area contributed by atoms with Crippen molar-refractivity contribution >= 4 is 17.2 Å². The third kappa shape index (κ3) is 2.81. The maximum atomic E-state index is 6.15. The molecule has 0 N–H and O–H groups in total. The van der Waals surface area contributed by atoms with Crippen molar-refractivity contribution in [1.29, 1.82) is 0 Å². The van der Waals surface area contributed by atoms with Crippen molar-refractivity contribution in [2.75, 3.05) is 0 Å². The highest BCUT2D eigenvalue weighted by atomic mass is 35.5. The molecule has 0 fully saturated rings. The smallest absolute Gasteiger partial charge is 0.0414 e. The first-order chi connectivity index (χ1) is 8.08. The Bertz CT molecular complexity index is 460. The van der Waals surface area contributed by atoms with E-state index in [0.717, 1.165) is 17.9 Å². The molecule has 1 aliphatic rings. The van der Waals surface area contributed by atoms with Crippen LogP contribution in [-0.2, 0) is 0 Å². The lowest BCUT2D eigenvalue weighted by molar-refractivity contribution is 0.719. The van der Waals surface area contributed by atoms with Crippen LogP contribution in [0.25, 0.3) is 5.57 Å². The van der Waals surface area contributed by atoms with Crippen LogP contribution in [0, 0.1) is 6.92 Å². The van der Waals surface area contributed by atoms with Crippen molar-refractivity contribution in [2.24, 2.45) is 0 Å². The van der Waals surface area contributed by atoms with E-state index in [4.69, 9.17) is 11.6 Å². The normalized spacial score (nSPS) is 16.2. The molecule has 0 aromatic heterocycles. The Labute approximate surface area is 109 Å². The maximum absolute atomic E-state index is 6.15. The van der Waals surface area contributed by atoms with Crippen molar-refractivity contribution in [3.63, 3.8) is 0 Å². The Morgan fingerprint density at radius 2 is 1.88 bits per heavy atom. The second-order valence-corrected chi connectivity index (χ2v) is 5.40. The fourth-order valence-corrected chi connectivity index (χ4v) is 2.90. The van der Waals surface area contributed by atoms with Gasteiger partial charge in [-0.1, -0.05) is 29.8 Å². The molecule has 1 aromatic rings. The third-order valence-electron chi connectivity index (χ3n) is 3.37. The van der Waals surface area contributed by atoms with Crippen molar-refractivity contribution in [2.45, 2.75) is 39.5 Å². The molecule has 0 aliphatic heterocycles. The lowest BCUT2D eigenvalue weighted by Gasteiger charge is -2.21. The van der Waals surface area contributed by atoms with E-state index in [1.165, 1.54) is 40.7 Å². The molecule has 0 amide bonds. The molecule has 2 rings (SSSR count). The van der Waals surface area contributed by atoms with E-state index in [1.54, 1.807) is 0 Å². The van der Waals surface area contributed by atoms with Gasteiger partial charge in [-0.15, -0.1) is 0 Å². The molecule has 90 valence electrons. The van der Waals surface area contributed by atoms with Crippen LogP contribution < -0.4 is 0 Å². The highest BCUT2D eigenvalue weighted by Gasteiger charge is 2.15. The molecule has 0 unspecified atom stereocenters. The average molecular weight is 247 g/mol. The predicted molar refractivity (Wildman–Crippen MR) is 76.4 cm³/mol. The second-order valence-electron chi connectivity index (χ2n) is 4.96. The molecule has 0 saturated heterocycles. The standard InChI is InChI=1S/C16H19Cl/c1-11(2)15-6-4-5-7-16(15)13-8-12(3)9-14(17)10-13/h8-10H,1,4-7H2,2-3H3. The van der Waals surface area contributed by atoms with Crippen LogP contribution in [0.3, 0.4) is 0 Å². The first-order valence-corrected chi connectivity index (χ1v) is 6.61. The van der Waals surface area contributed by atoms with Crippen LogP contribution >= 0.6 is 11.6 Å². The Hall–Kier alpha value is -1.01. The minimum Gasteiger partial charge on any atom is -0.0958 e. The SMILES string of the molecule is C=C(C)C1=C(c2cc(C)cc(Cl)c2)CCCC1. The lowest BCUT2D eigenvalue weighted by Crippen LogP contribution is -2.00. The van der Waals surface area contributed by atoms with E-state index in [9.17, 15) is 0 Å². The van der Waals surface area contributed by atoms with E-state index in [2.05, 4.69) is 32.6 Å². The predicted octanol–water partition coefficient (Wildman–Crippen LogP) is 5.55. The summed E-state index contributed by atoms with van der Waals surface area (Å²) in [5.41, 5.74) is 6.61. The van der Waals surface area contributed by atoms with Gasteiger partial charge in [0, 0.05) is 5.02 Å². The van der Waals surface area contributed by atoms with E-state index in [-0.39, 0.29) is 0 Å². The third-order valence-corrected chi connectivity index (χ3v) is 3.59. The summed E-state index contributed by atoms with van der Waals surface area (Å²) in [6.07, 6.45) is 4.88. The Morgan fingerprint density at radius 1 is 1.18 bits per heavy atom. The van der Waals surface area contributed by atoms with Gasteiger partial charge in [-0.2, -0.15) is 0 Å². The van der Waals surface area contributed by atoms with Crippen molar-refractivity contribution in [1.82, 2.24) is 0 Å². The number of allylic oxidation sites excluding steroid dienone is 3. The van der Waals surface area contributed by atoms with E-state index >= 15 is 0 Å². The zero-order valence-corrected chi connectivity index (χ0v) is 11.4. The number of halogens is 1. The fraction of sp³-hybridized carbons (Fsp3) is 0.375. The molecule has 0 atom stereocenters. The monoisotopic (exact) mass is 246 g/mol. The zero-order valence-electron chi connectivity index (χ0n) is 10.6. The highest BCUT2D eigenvalue weighted by molar-refractivity contribution is 6.30. The van der Waals surface area contributed by atoms with Crippen LogP contribution in [0.4, 0.5) is 0 Å². The number of aryl methyl sites for hydroxylation is 1. The summed E-state index contributed by atoms with van der Waals surface area (Å²) >= 11 is 6.15. The topological polar surface area (TPSA) is 0 Å². The molecular formula is C16H19Cl. The first-order valence-electron chi connectivity index (χ1n) is 6.23. The van der Waals surface area contributed by atoms with Gasteiger partial charge in [-0.25, -0.2) is 0 Å². The van der Waals surface area contributed by atoms with Gasteiger partial charge in [0.15, 0.2) is 0 Å². The first kappa shape index (κ1) is 12.4. The number of rotatable bonds is 2. The van der Waals surface area contributed by atoms with Gasteiger partial charge in [-0.05, 0) is 73.9 Å². The van der Waals surface area contributed by atoms with Gasteiger partial charge in [-0.3, -0.25) is 0 Å². The molecule has 0 saturated carbocycles. The summed E-state index contributed by atoms with van der Waals surface area (Å²) in [6, 6.07) is 6.32. The minimum absolute atomic E-state index is 0.833. The molecule has 1 aromatic carbocycles. The quantitative estimate of drug-likeness (QED) is 0.642. The summed E-state index contributed by atoms with van der Waals surface area (Å²) in [6.45, 7) is 8.31. The van der Waals surface area contributed by atoms with Crippen LogP contribution in [-0.4, -0.2) is 0 Å². The number of hydrogen-bond acceptors (Lipinski definition) is 0. The van der Waals surface area contributed by atoms with Crippen molar-refractivity contribution in [3.8, 4) is 0 Å². The van der Waals surface area contributed by atoms with Crippen molar-refractivity contribution < 1.29 is 0 Å².